The Morgan fingerprint density at radius 1 is 0.946 bits per heavy atom. The molecule has 1 aliphatic heterocycles. The van der Waals surface area contributed by atoms with E-state index < -0.39 is 17.8 Å². The van der Waals surface area contributed by atoms with Crippen molar-refractivity contribution in [3.63, 3.8) is 0 Å². The quantitative estimate of drug-likeness (QED) is 0.324. The standard InChI is InChI=1S/C30H35NO6/c1-5-13-36-25-12-11-21(18-26(25)35-4)28-27(30(33)37-15-14-34-3)19(2)31-23-16-22(17-24(32)29(23)28)20-9-7-6-8-10-20/h6-12,18,22,28-29H,5,13-17H2,1-4H3/t22-,28-,29?/m0/s1. The number of aliphatic imine (C=N–C) groups is 1. The molecule has 3 atom stereocenters. The Labute approximate surface area is 218 Å². The van der Waals surface area contributed by atoms with E-state index in [0.29, 0.717) is 42.2 Å². The van der Waals surface area contributed by atoms with Crippen LogP contribution in [0.3, 0.4) is 0 Å². The van der Waals surface area contributed by atoms with Gasteiger partial charge in [-0.15, -0.1) is 0 Å². The summed E-state index contributed by atoms with van der Waals surface area (Å²) in [5.74, 6) is -0.227. The first-order valence-corrected chi connectivity index (χ1v) is 12.8. The molecule has 0 N–H and O–H groups in total. The third kappa shape index (κ3) is 5.77. The van der Waals surface area contributed by atoms with Crippen LogP contribution in [0.25, 0.3) is 0 Å². The summed E-state index contributed by atoms with van der Waals surface area (Å²) in [6.07, 6.45) is 1.92. The number of ketones is 1. The first-order valence-electron chi connectivity index (χ1n) is 12.8. The van der Waals surface area contributed by atoms with E-state index in [1.165, 1.54) is 0 Å². The maximum absolute atomic E-state index is 13.8. The van der Waals surface area contributed by atoms with Gasteiger partial charge in [-0.05, 0) is 48.9 Å². The minimum Gasteiger partial charge on any atom is -0.493 e. The molecule has 0 spiro atoms. The molecule has 1 saturated carbocycles. The van der Waals surface area contributed by atoms with Crippen molar-refractivity contribution in [1.82, 2.24) is 0 Å². The first-order chi connectivity index (χ1) is 18.0. The Kier molecular flexibility index (Phi) is 8.77. The normalized spacial score (nSPS) is 21.2. The van der Waals surface area contributed by atoms with Crippen molar-refractivity contribution >= 4 is 17.5 Å². The summed E-state index contributed by atoms with van der Waals surface area (Å²) < 4.78 is 22.0. The smallest absolute Gasteiger partial charge is 0.336 e. The van der Waals surface area contributed by atoms with E-state index >= 15 is 0 Å². The Morgan fingerprint density at radius 3 is 2.43 bits per heavy atom. The molecule has 1 aliphatic carbocycles. The van der Waals surface area contributed by atoms with Gasteiger partial charge in [-0.25, -0.2) is 4.79 Å². The number of rotatable bonds is 10. The van der Waals surface area contributed by atoms with E-state index in [2.05, 4.69) is 12.1 Å². The molecule has 196 valence electrons. The molecule has 0 amide bonds. The van der Waals surface area contributed by atoms with Crippen molar-refractivity contribution in [2.75, 3.05) is 34.0 Å². The third-order valence-corrected chi connectivity index (χ3v) is 6.97. The second-order valence-electron chi connectivity index (χ2n) is 9.43. The van der Waals surface area contributed by atoms with Crippen LogP contribution < -0.4 is 9.47 Å². The van der Waals surface area contributed by atoms with Crippen molar-refractivity contribution in [2.24, 2.45) is 10.9 Å². The number of carbonyl (C=O) groups excluding carboxylic acids is 2. The SMILES string of the molecule is CCCOc1ccc([C@H]2C(C(=O)OCCOC)=C(C)N=C3C[C@H](c4ccccc4)CC(=O)C32)cc1OC. The van der Waals surface area contributed by atoms with Crippen molar-refractivity contribution in [3.8, 4) is 11.5 Å². The number of allylic oxidation sites excluding steroid dienone is 1. The van der Waals surface area contributed by atoms with E-state index in [-0.39, 0.29) is 24.9 Å². The van der Waals surface area contributed by atoms with E-state index in [0.717, 1.165) is 23.3 Å². The highest BCUT2D eigenvalue weighted by atomic mass is 16.6. The fraction of sp³-hybridized carbons (Fsp3) is 0.433. The summed E-state index contributed by atoms with van der Waals surface area (Å²) in [5, 5.41) is 0. The summed E-state index contributed by atoms with van der Waals surface area (Å²) in [5.41, 5.74) is 3.71. The zero-order valence-corrected chi connectivity index (χ0v) is 22.0. The molecular formula is C30H35NO6. The lowest BCUT2D eigenvalue weighted by Gasteiger charge is -2.38. The molecule has 0 bridgehead atoms. The Balaban J connectivity index is 1.76. The molecule has 1 fully saturated rings. The number of Topliss-reactive ketones (excluding diaryl/α,β-unsaturated/α-hetero) is 1. The molecular weight excluding hydrogens is 470 g/mol. The number of esters is 1. The second kappa shape index (κ2) is 12.2. The number of hydrogen-bond acceptors (Lipinski definition) is 7. The summed E-state index contributed by atoms with van der Waals surface area (Å²) >= 11 is 0. The van der Waals surface area contributed by atoms with Gasteiger partial charge < -0.3 is 18.9 Å². The van der Waals surface area contributed by atoms with Gasteiger partial charge in [0, 0.05) is 30.9 Å². The highest BCUT2D eigenvalue weighted by Gasteiger charge is 2.46. The van der Waals surface area contributed by atoms with Gasteiger partial charge in [0.15, 0.2) is 11.5 Å². The maximum Gasteiger partial charge on any atom is 0.336 e. The number of fused-ring (bicyclic) bond motifs is 1. The van der Waals surface area contributed by atoms with Crippen LogP contribution in [0, 0.1) is 5.92 Å². The molecule has 1 heterocycles. The minimum atomic E-state index is -0.541. The molecule has 4 rings (SSSR count). The van der Waals surface area contributed by atoms with Crippen LogP contribution in [0.4, 0.5) is 0 Å². The Bertz CT molecular complexity index is 1190. The third-order valence-electron chi connectivity index (χ3n) is 6.97. The average molecular weight is 506 g/mol. The van der Waals surface area contributed by atoms with E-state index in [4.69, 9.17) is 23.9 Å². The number of ether oxygens (including phenoxy) is 4. The average Bonchev–Trinajstić information content (AvgIpc) is 2.91. The summed E-state index contributed by atoms with van der Waals surface area (Å²) in [6.45, 7) is 4.83. The summed E-state index contributed by atoms with van der Waals surface area (Å²) in [6, 6.07) is 15.7. The second-order valence-corrected chi connectivity index (χ2v) is 9.43. The highest BCUT2D eigenvalue weighted by Crippen LogP contribution is 2.47. The van der Waals surface area contributed by atoms with E-state index in [1.54, 1.807) is 14.2 Å². The summed E-state index contributed by atoms with van der Waals surface area (Å²) in [7, 11) is 3.14. The topological polar surface area (TPSA) is 83.4 Å². The van der Waals surface area contributed by atoms with Gasteiger partial charge in [0.1, 0.15) is 12.4 Å². The van der Waals surface area contributed by atoms with Crippen LogP contribution >= 0.6 is 0 Å². The van der Waals surface area contributed by atoms with Crippen LogP contribution in [0.2, 0.25) is 0 Å². The van der Waals surface area contributed by atoms with Crippen molar-refractivity contribution in [2.45, 2.75) is 44.9 Å². The predicted molar refractivity (Wildman–Crippen MR) is 141 cm³/mol. The largest absolute Gasteiger partial charge is 0.493 e. The molecule has 0 radical (unpaired) electrons. The van der Waals surface area contributed by atoms with Crippen molar-refractivity contribution < 1.29 is 28.5 Å². The van der Waals surface area contributed by atoms with Crippen molar-refractivity contribution in [1.29, 1.82) is 0 Å². The van der Waals surface area contributed by atoms with Gasteiger partial charge in [-0.3, -0.25) is 9.79 Å². The zero-order chi connectivity index (χ0) is 26.4. The number of carbonyl (C=O) groups is 2. The zero-order valence-electron chi connectivity index (χ0n) is 22.0. The molecule has 7 nitrogen and oxygen atoms in total. The van der Waals surface area contributed by atoms with Gasteiger partial charge in [-0.2, -0.15) is 0 Å². The molecule has 0 aromatic heterocycles. The van der Waals surface area contributed by atoms with Gasteiger partial charge in [0.2, 0.25) is 0 Å². The molecule has 37 heavy (non-hydrogen) atoms. The number of hydrogen-bond donors (Lipinski definition) is 0. The van der Waals surface area contributed by atoms with Gasteiger partial charge in [0.05, 0.1) is 31.8 Å². The van der Waals surface area contributed by atoms with Crippen LogP contribution in [-0.2, 0) is 19.1 Å². The first kappa shape index (κ1) is 26.6. The van der Waals surface area contributed by atoms with E-state index in [9.17, 15) is 9.59 Å². The van der Waals surface area contributed by atoms with Crippen LogP contribution in [0.1, 0.15) is 56.1 Å². The number of nitrogens with zero attached hydrogens (tertiary/aromatic N) is 1. The number of benzene rings is 2. The lowest BCUT2D eigenvalue weighted by molar-refractivity contribution is -0.140. The lowest BCUT2D eigenvalue weighted by Crippen LogP contribution is -2.41. The van der Waals surface area contributed by atoms with Gasteiger partial charge in [-0.1, -0.05) is 43.3 Å². The maximum atomic E-state index is 13.8. The summed E-state index contributed by atoms with van der Waals surface area (Å²) in [4.78, 5) is 31.9. The lowest BCUT2D eigenvalue weighted by atomic mass is 9.66. The van der Waals surface area contributed by atoms with Crippen LogP contribution in [0.15, 0.2) is 64.8 Å². The molecule has 1 unspecified atom stereocenters. The Hall–Kier alpha value is -3.45. The predicted octanol–water partition coefficient (Wildman–Crippen LogP) is 5.25. The van der Waals surface area contributed by atoms with Crippen LogP contribution in [0.5, 0.6) is 11.5 Å². The fourth-order valence-corrected chi connectivity index (χ4v) is 5.27. The fourth-order valence-electron chi connectivity index (χ4n) is 5.27. The van der Waals surface area contributed by atoms with Gasteiger partial charge >= 0.3 is 5.97 Å². The van der Waals surface area contributed by atoms with Crippen molar-refractivity contribution in [3.05, 3.63) is 70.9 Å². The molecule has 7 heteroatoms. The van der Waals surface area contributed by atoms with Gasteiger partial charge in [0.25, 0.3) is 0 Å². The van der Waals surface area contributed by atoms with Crippen LogP contribution in [-0.4, -0.2) is 51.5 Å². The highest BCUT2D eigenvalue weighted by molar-refractivity contribution is 6.12. The minimum absolute atomic E-state index is 0.0618. The monoisotopic (exact) mass is 505 g/mol. The molecule has 0 saturated heterocycles. The Morgan fingerprint density at radius 2 is 1.73 bits per heavy atom. The molecule has 2 aliphatic rings. The van der Waals surface area contributed by atoms with E-state index in [1.807, 2.05) is 50.2 Å². The molecule has 2 aromatic carbocycles. The molecule has 2 aromatic rings. The number of methoxy groups -OCH3 is 2.